The molecule has 0 fully saturated rings. The van der Waals surface area contributed by atoms with Gasteiger partial charge in [-0.15, -0.1) is 0 Å². The molecular formula is C21H18FN5O3. The number of carbonyl (C=O) groups is 1. The molecule has 2 aromatic carbocycles. The van der Waals surface area contributed by atoms with Gasteiger partial charge in [0.2, 0.25) is 0 Å². The molecule has 9 heteroatoms. The lowest BCUT2D eigenvalue weighted by atomic mass is 10.1. The molecule has 2 amide bonds. The molecule has 0 aliphatic heterocycles. The van der Waals surface area contributed by atoms with Crippen molar-refractivity contribution < 1.29 is 9.18 Å². The van der Waals surface area contributed by atoms with Gasteiger partial charge in [0.15, 0.2) is 0 Å². The maximum absolute atomic E-state index is 13.5. The topological polar surface area (TPSA) is 90.1 Å². The maximum atomic E-state index is 13.5. The molecule has 4 rings (SSSR count). The van der Waals surface area contributed by atoms with Gasteiger partial charge in [-0.3, -0.25) is 18.6 Å². The number of aromatic nitrogens is 3. The largest absolute Gasteiger partial charge is 0.338 e. The first-order chi connectivity index (χ1) is 14.4. The molecule has 0 radical (unpaired) electrons. The highest BCUT2D eigenvalue weighted by Gasteiger charge is 2.20. The van der Waals surface area contributed by atoms with E-state index >= 15 is 0 Å². The number of hydrogen-bond donors (Lipinski definition) is 2. The van der Waals surface area contributed by atoms with Crippen molar-refractivity contribution >= 4 is 22.6 Å². The lowest BCUT2D eigenvalue weighted by Crippen LogP contribution is -2.36. The highest BCUT2D eigenvalue weighted by atomic mass is 19.1. The average molecular weight is 407 g/mol. The molecule has 0 aliphatic carbocycles. The first-order valence-electron chi connectivity index (χ1n) is 9.07. The third-order valence-corrected chi connectivity index (χ3v) is 4.81. The Labute approximate surface area is 169 Å². The second kappa shape index (κ2) is 7.36. The number of carbonyl (C=O) groups excluding carboxylic acids is 1. The molecule has 2 heterocycles. The zero-order valence-corrected chi connectivity index (χ0v) is 16.2. The van der Waals surface area contributed by atoms with Crippen LogP contribution in [-0.4, -0.2) is 19.8 Å². The fourth-order valence-electron chi connectivity index (χ4n) is 3.31. The van der Waals surface area contributed by atoms with Crippen LogP contribution in [0.1, 0.15) is 0 Å². The summed E-state index contributed by atoms with van der Waals surface area (Å²) in [5.74, 6) is -0.434. The molecule has 0 aliphatic rings. The van der Waals surface area contributed by atoms with Crippen LogP contribution in [0.2, 0.25) is 0 Å². The van der Waals surface area contributed by atoms with E-state index in [9.17, 15) is 18.8 Å². The van der Waals surface area contributed by atoms with Gasteiger partial charge in [0.1, 0.15) is 5.82 Å². The van der Waals surface area contributed by atoms with Gasteiger partial charge < -0.3 is 5.32 Å². The Bertz CT molecular complexity index is 1370. The summed E-state index contributed by atoms with van der Waals surface area (Å²) in [6.07, 6.45) is 1.49. The number of fused-ring (bicyclic) bond motifs is 1. The van der Waals surface area contributed by atoms with Crippen molar-refractivity contribution in [2.24, 2.45) is 14.1 Å². The summed E-state index contributed by atoms with van der Waals surface area (Å²) in [4.78, 5) is 37.8. The monoisotopic (exact) mass is 407 g/mol. The molecule has 2 aromatic heterocycles. The molecule has 152 valence electrons. The van der Waals surface area contributed by atoms with Crippen LogP contribution in [0.4, 0.5) is 14.9 Å². The standard InChI is InChI=1S/C21H18FN5O3/c1-25-16-12-27(24-20(29)23-15-6-4-3-5-7-15)18(13-8-10-14(22)11-9-13)17(16)19(28)26(2)21(25)30/h3-12H,1-2H3,(H2,23,24,29). The van der Waals surface area contributed by atoms with Gasteiger partial charge in [-0.1, -0.05) is 18.2 Å². The summed E-state index contributed by atoms with van der Waals surface area (Å²) in [5.41, 5.74) is 3.41. The van der Waals surface area contributed by atoms with Gasteiger partial charge in [-0.25, -0.2) is 19.4 Å². The fraction of sp³-hybridized carbons (Fsp3) is 0.0952. The quantitative estimate of drug-likeness (QED) is 0.547. The first-order valence-corrected chi connectivity index (χ1v) is 9.07. The number of rotatable bonds is 3. The van der Waals surface area contributed by atoms with Crippen molar-refractivity contribution in [3.63, 3.8) is 0 Å². The Morgan fingerprint density at radius 2 is 1.60 bits per heavy atom. The van der Waals surface area contributed by atoms with Gasteiger partial charge >= 0.3 is 11.7 Å². The van der Waals surface area contributed by atoms with Crippen LogP contribution in [0.3, 0.4) is 0 Å². The fourth-order valence-corrected chi connectivity index (χ4v) is 3.31. The van der Waals surface area contributed by atoms with Crippen LogP contribution in [0.25, 0.3) is 22.2 Å². The van der Waals surface area contributed by atoms with Gasteiger partial charge in [0.05, 0.1) is 22.8 Å². The van der Waals surface area contributed by atoms with E-state index in [1.165, 1.54) is 53.8 Å². The number of aryl methyl sites for hydroxylation is 1. The minimum Gasteiger partial charge on any atom is -0.307 e. The third-order valence-electron chi connectivity index (χ3n) is 4.81. The maximum Gasteiger partial charge on any atom is 0.338 e. The second-order valence-corrected chi connectivity index (χ2v) is 6.75. The van der Waals surface area contributed by atoms with E-state index in [2.05, 4.69) is 10.7 Å². The van der Waals surface area contributed by atoms with Crippen molar-refractivity contribution in [1.29, 1.82) is 0 Å². The summed E-state index contributed by atoms with van der Waals surface area (Å²) in [6, 6.07) is 13.8. The molecule has 2 N–H and O–H groups in total. The lowest BCUT2D eigenvalue weighted by molar-refractivity contribution is 0.260. The number of halogens is 1. The van der Waals surface area contributed by atoms with Gasteiger partial charge in [-0.05, 0) is 36.4 Å². The van der Waals surface area contributed by atoms with Crippen molar-refractivity contribution in [3.05, 3.63) is 87.4 Å². The van der Waals surface area contributed by atoms with Crippen LogP contribution in [-0.2, 0) is 14.1 Å². The number of anilines is 1. The molecule has 0 atom stereocenters. The van der Waals surface area contributed by atoms with Gasteiger partial charge in [0.25, 0.3) is 5.56 Å². The van der Waals surface area contributed by atoms with Crippen LogP contribution < -0.4 is 22.0 Å². The molecule has 0 saturated carbocycles. The molecule has 0 bridgehead atoms. The third kappa shape index (κ3) is 3.26. The lowest BCUT2D eigenvalue weighted by Gasteiger charge is -2.12. The van der Waals surface area contributed by atoms with Crippen molar-refractivity contribution in [2.45, 2.75) is 0 Å². The van der Waals surface area contributed by atoms with Crippen molar-refractivity contribution in [2.75, 3.05) is 10.7 Å². The van der Waals surface area contributed by atoms with Crippen molar-refractivity contribution in [1.82, 2.24) is 13.8 Å². The Hall–Kier alpha value is -4.14. The van der Waals surface area contributed by atoms with Crippen LogP contribution >= 0.6 is 0 Å². The Balaban J connectivity index is 1.89. The van der Waals surface area contributed by atoms with E-state index in [1.807, 2.05) is 6.07 Å². The SMILES string of the molecule is Cn1c(=O)c2c(-c3ccc(F)cc3)n(NC(=O)Nc3ccccc3)cc2n(C)c1=O. The Kier molecular flexibility index (Phi) is 4.71. The van der Waals surface area contributed by atoms with E-state index in [1.54, 1.807) is 24.3 Å². The predicted molar refractivity (Wildman–Crippen MR) is 113 cm³/mol. The Morgan fingerprint density at radius 1 is 0.933 bits per heavy atom. The van der Waals surface area contributed by atoms with Crippen LogP contribution in [0, 0.1) is 5.82 Å². The number of amides is 2. The zero-order chi connectivity index (χ0) is 21.4. The van der Waals surface area contributed by atoms with Gasteiger partial charge in [-0.2, -0.15) is 0 Å². The highest BCUT2D eigenvalue weighted by molar-refractivity contribution is 5.99. The molecule has 30 heavy (non-hydrogen) atoms. The van der Waals surface area contributed by atoms with E-state index in [-0.39, 0.29) is 5.39 Å². The average Bonchev–Trinajstić information content (AvgIpc) is 3.11. The minimum atomic E-state index is -0.549. The molecule has 4 aromatic rings. The summed E-state index contributed by atoms with van der Waals surface area (Å²) in [5, 5.41) is 2.92. The number of urea groups is 1. The number of nitrogens with one attached hydrogen (secondary N) is 2. The molecule has 0 spiro atoms. The number of hydrogen-bond acceptors (Lipinski definition) is 3. The van der Waals surface area contributed by atoms with Crippen molar-refractivity contribution in [3.8, 4) is 11.3 Å². The number of benzene rings is 2. The van der Waals surface area contributed by atoms with E-state index < -0.39 is 23.1 Å². The van der Waals surface area contributed by atoms with E-state index in [4.69, 9.17) is 0 Å². The van der Waals surface area contributed by atoms with Crippen LogP contribution in [0.15, 0.2) is 70.4 Å². The summed E-state index contributed by atoms with van der Waals surface area (Å²) >= 11 is 0. The summed E-state index contributed by atoms with van der Waals surface area (Å²) in [7, 11) is 2.92. The van der Waals surface area contributed by atoms with E-state index in [0.29, 0.717) is 22.5 Å². The van der Waals surface area contributed by atoms with Gasteiger partial charge in [0, 0.05) is 25.3 Å². The second-order valence-electron chi connectivity index (χ2n) is 6.75. The highest BCUT2D eigenvalue weighted by Crippen LogP contribution is 2.27. The summed E-state index contributed by atoms with van der Waals surface area (Å²) in [6.45, 7) is 0. The Morgan fingerprint density at radius 3 is 2.27 bits per heavy atom. The smallest absolute Gasteiger partial charge is 0.307 e. The number of para-hydroxylation sites is 1. The zero-order valence-electron chi connectivity index (χ0n) is 16.2. The van der Waals surface area contributed by atoms with E-state index in [0.717, 1.165) is 4.57 Å². The predicted octanol–water partition coefficient (Wildman–Crippen LogP) is 2.62. The normalized spacial score (nSPS) is 10.9. The molecular weight excluding hydrogens is 389 g/mol. The molecule has 0 unspecified atom stereocenters. The summed E-state index contributed by atoms with van der Waals surface area (Å²) < 4.78 is 17.1. The van der Waals surface area contributed by atoms with Crippen LogP contribution in [0.5, 0.6) is 0 Å². The molecule has 0 saturated heterocycles. The number of nitrogens with zero attached hydrogens (tertiary/aromatic N) is 3. The minimum absolute atomic E-state index is 0.228. The first kappa shape index (κ1) is 19.2. The molecule has 8 nitrogen and oxygen atoms in total.